The molecule has 1 aromatic carbocycles. The number of anilines is 2. The van der Waals surface area contributed by atoms with Gasteiger partial charge in [-0.3, -0.25) is 9.52 Å². The van der Waals surface area contributed by atoms with Crippen LogP contribution in [0.25, 0.3) is 0 Å². The summed E-state index contributed by atoms with van der Waals surface area (Å²) in [6.45, 7) is -0.855. The molecule has 0 aromatic heterocycles. The van der Waals surface area contributed by atoms with Crippen molar-refractivity contribution in [3.8, 4) is 0 Å². The summed E-state index contributed by atoms with van der Waals surface area (Å²) in [7, 11) is -3.90. The van der Waals surface area contributed by atoms with Crippen molar-refractivity contribution in [3.05, 3.63) is 24.3 Å². The highest BCUT2D eigenvalue weighted by Gasteiger charge is 2.07. The second-order valence-corrected chi connectivity index (χ2v) is 5.29. The molecular weight excluding hydrogens is 308 g/mol. The zero-order valence-corrected chi connectivity index (χ0v) is 11.7. The van der Waals surface area contributed by atoms with E-state index in [9.17, 15) is 22.0 Å². The van der Waals surface area contributed by atoms with Gasteiger partial charge in [0.2, 0.25) is 5.91 Å². The number of amides is 1. The molecule has 0 bridgehead atoms. The highest BCUT2D eigenvalue weighted by atomic mass is 32.2. The van der Waals surface area contributed by atoms with Crippen molar-refractivity contribution < 1.29 is 26.7 Å². The molecule has 0 saturated carbocycles. The molecule has 0 fully saturated rings. The van der Waals surface area contributed by atoms with Gasteiger partial charge in [-0.2, -0.15) is 8.42 Å². The zero-order valence-electron chi connectivity index (χ0n) is 10.9. The molecule has 0 heterocycles. The van der Waals surface area contributed by atoms with Crippen LogP contribution in [0.4, 0.5) is 20.2 Å². The number of nitrogens with two attached hydrogens (primary N) is 1. The molecule has 0 spiro atoms. The van der Waals surface area contributed by atoms with E-state index >= 15 is 0 Å². The number of alkyl halides is 2. The number of halogens is 2. The average Bonchev–Trinajstić information content (AvgIpc) is 2.32. The minimum atomic E-state index is -3.90. The molecule has 0 unspecified atom stereocenters. The third kappa shape index (κ3) is 8.17. The fourth-order valence-corrected chi connectivity index (χ4v) is 1.84. The summed E-state index contributed by atoms with van der Waals surface area (Å²) in [4.78, 5) is 11.5. The number of ether oxygens (including phenoxy) is 1. The lowest BCUT2D eigenvalue weighted by atomic mass is 10.3. The second kappa shape index (κ2) is 7.86. The van der Waals surface area contributed by atoms with Crippen LogP contribution in [0.15, 0.2) is 24.3 Å². The number of carbonyl (C=O) groups is 1. The molecule has 0 radical (unpaired) electrons. The van der Waals surface area contributed by atoms with Gasteiger partial charge in [0.25, 0.3) is 16.6 Å². The van der Waals surface area contributed by atoms with Gasteiger partial charge in [-0.15, -0.1) is 0 Å². The van der Waals surface area contributed by atoms with Crippen molar-refractivity contribution in [1.29, 1.82) is 0 Å². The van der Waals surface area contributed by atoms with Crippen molar-refractivity contribution in [2.24, 2.45) is 5.14 Å². The molecule has 4 N–H and O–H groups in total. The molecule has 1 aromatic rings. The van der Waals surface area contributed by atoms with Crippen molar-refractivity contribution in [2.75, 3.05) is 23.3 Å². The van der Waals surface area contributed by atoms with E-state index in [-0.39, 0.29) is 18.7 Å². The summed E-state index contributed by atoms with van der Waals surface area (Å²) in [6, 6.07) is 5.86. The van der Waals surface area contributed by atoms with E-state index in [1.54, 1.807) is 0 Å². The Morgan fingerprint density at radius 1 is 1.33 bits per heavy atom. The molecule has 118 valence electrons. The van der Waals surface area contributed by atoms with Gasteiger partial charge in [-0.1, -0.05) is 6.07 Å². The third-order valence-electron chi connectivity index (χ3n) is 2.12. The van der Waals surface area contributed by atoms with Gasteiger partial charge in [-0.25, -0.2) is 13.9 Å². The van der Waals surface area contributed by atoms with E-state index in [1.807, 2.05) is 0 Å². The van der Waals surface area contributed by atoms with Gasteiger partial charge >= 0.3 is 0 Å². The van der Waals surface area contributed by atoms with Crippen molar-refractivity contribution in [3.63, 3.8) is 0 Å². The number of benzene rings is 1. The first kappa shape index (κ1) is 17.3. The van der Waals surface area contributed by atoms with E-state index < -0.39 is 29.1 Å². The van der Waals surface area contributed by atoms with E-state index in [1.165, 1.54) is 24.3 Å². The van der Waals surface area contributed by atoms with E-state index in [2.05, 4.69) is 14.8 Å². The van der Waals surface area contributed by atoms with Gasteiger partial charge < -0.3 is 10.1 Å². The minimum Gasteiger partial charge on any atom is -0.375 e. The average molecular weight is 323 g/mol. The van der Waals surface area contributed by atoms with Crippen molar-refractivity contribution in [2.45, 2.75) is 12.8 Å². The Labute approximate surface area is 120 Å². The molecule has 7 nitrogen and oxygen atoms in total. The Morgan fingerprint density at radius 2 is 2.00 bits per heavy atom. The maximum atomic E-state index is 11.8. The van der Waals surface area contributed by atoms with Gasteiger partial charge in [-0.05, 0) is 18.2 Å². The first-order valence-corrected chi connectivity index (χ1v) is 7.37. The van der Waals surface area contributed by atoms with Gasteiger partial charge in [0.1, 0.15) is 6.61 Å². The van der Waals surface area contributed by atoms with E-state index in [0.717, 1.165) is 0 Å². The quantitative estimate of drug-likeness (QED) is 0.618. The number of hydrogen-bond donors (Lipinski definition) is 3. The minimum absolute atomic E-state index is 0.0977. The van der Waals surface area contributed by atoms with Crippen LogP contribution in [0.3, 0.4) is 0 Å². The second-order valence-electron chi connectivity index (χ2n) is 3.99. The predicted molar refractivity (Wildman–Crippen MR) is 73.2 cm³/mol. The van der Waals surface area contributed by atoms with Crippen LogP contribution >= 0.6 is 0 Å². The van der Waals surface area contributed by atoms with Crippen molar-refractivity contribution in [1.82, 2.24) is 0 Å². The fourth-order valence-electron chi connectivity index (χ4n) is 1.39. The standard InChI is InChI=1S/C11H15F2N3O4S/c12-10(13)7-20-5-4-11(17)15-8-2-1-3-9(6-8)16-21(14,18)19/h1-3,6,10,16H,4-5,7H2,(H,15,17)(H2,14,18,19). The van der Waals surface area contributed by atoms with Crippen LogP contribution in [-0.2, 0) is 19.7 Å². The lowest BCUT2D eigenvalue weighted by Gasteiger charge is -2.08. The molecule has 0 aliphatic carbocycles. The van der Waals surface area contributed by atoms with Crippen LogP contribution < -0.4 is 15.2 Å². The zero-order chi connectivity index (χ0) is 15.9. The first-order chi connectivity index (χ1) is 9.76. The molecular formula is C11H15F2N3O4S. The van der Waals surface area contributed by atoms with Crippen LogP contribution in [0, 0.1) is 0 Å². The molecule has 10 heteroatoms. The SMILES string of the molecule is NS(=O)(=O)Nc1cccc(NC(=O)CCOCC(F)F)c1. The molecule has 0 atom stereocenters. The van der Waals surface area contributed by atoms with Gasteiger partial charge in [0.15, 0.2) is 0 Å². The molecule has 0 aliphatic heterocycles. The van der Waals surface area contributed by atoms with Crippen LogP contribution in [0.5, 0.6) is 0 Å². The number of rotatable bonds is 8. The summed E-state index contributed by atoms with van der Waals surface area (Å²) in [5.74, 6) is -0.447. The fraction of sp³-hybridized carbons (Fsp3) is 0.364. The number of hydrogen-bond acceptors (Lipinski definition) is 4. The normalized spacial score (nSPS) is 11.4. The number of nitrogens with one attached hydrogen (secondary N) is 2. The Hall–Kier alpha value is -1.78. The van der Waals surface area contributed by atoms with E-state index in [0.29, 0.717) is 5.69 Å². The van der Waals surface area contributed by atoms with Crippen LogP contribution in [0.1, 0.15) is 6.42 Å². The largest absolute Gasteiger partial charge is 0.375 e. The molecule has 1 amide bonds. The maximum Gasteiger partial charge on any atom is 0.296 e. The summed E-state index contributed by atoms with van der Waals surface area (Å²) < 4.78 is 51.9. The Kier molecular flexibility index (Phi) is 6.46. The van der Waals surface area contributed by atoms with Crippen LogP contribution in [0.2, 0.25) is 0 Å². The maximum absolute atomic E-state index is 11.8. The highest BCUT2D eigenvalue weighted by molar-refractivity contribution is 7.90. The summed E-state index contributed by atoms with van der Waals surface area (Å²) in [5, 5.41) is 7.29. The third-order valence-corrected chi connectivity index (χ3v) is 2.64. The van der Waals surface area contributed by atoms with Crippen molar-refractivity contribution >= 4 is 27.5 Å². The molecule has 0 aliphatic rings. The Bertz CT molecular complexity index is 581. The summed E-state index contributed by atoms with van der Waals surface area (Å²) >= 11 is 0. The number of carbonyl (C=O) groups excluding carboxylic acids is 1. The molecule has 1 rings (SSSR count). The summed E-state index contributed by atoms with van der Waals surface area (Å²) in [5.41, 5.74) is 0.520. The predicted octanol–water partition coefficient (Wildman–Crippen LogP) is 0.912. The topological polar surface area (TPSA) is 111 Å². The first-order valence-electron chi connectivity index (χ1n) is 5.82. The smallest absolute Gasteiger partial charge is 0.296 e. The van der Waals surface area contributed by atoms with E-state index in [4.69, 9.17) is 5.14 Å². The lowest BCUT2D eigenvalue weighted by molar-refractivity contribution is -0.117. The van der Waals surface area contributed by atoms with Crippen LogP contribution in [-0.4, -0.2) is 34.0 Å². The molecule has 0 saturated heterocycles. The summed E-state index contributed by atoms with van der Waals surface area (Å²) in [6.07, 6.45) is -2.67. The Balaban J connectivity index is 2.47. The lowest BCUT2D eigenvalue weighted by Crippen LogP contribution is -2.21. The van der Waals surface area contributed by atoms with Gasteiger partial charge in [0.05, 0.1) is 18.7 Å². The molecule has 21 heavy (non-hydrogen) atoms. The van der Waals surface area contributed by atoms with Gasteiger partial charge in [0, 0.05) is 5.69 Å². The monoisotopic (exact) mass is 323 g/mol. The highest BCUT2D eigenvalue weighted by Crippen LogP contribution is 2.15. The Morgan fingerprint density at radius 3 is 2.62 bits per heavy atom.